The number of carbonyl (C=O) groups excluding carboxylic acids is 2. The Kier molecular flexibility index (Phi) is 6.12. The molecular formula is C13H25N3O2. The second kappa shape index (κ2) is 7.36. The Bertz CT molecular complexity index is 284. The number of likely N-dealkylation sites (tertiary alicyclic amines) is 1. The molecule has 5 heteroatoms. The summed E-state index contributed by atoms with van der Waals surface area (Å²) in [5.74, 6) is 0.160. The Labute approximate surface area is 109 Å². The molecule has 1 fully saturated rings. The molecule has 0 aromatic rings. The van der Waals surface area contributed by atoms with Crippen molar-refractivity contribution in [2.75, 3.05) is 19.6 Å². The summed E-state index contributed by atoms with van der Waals surface area (Å²) in [4.78, 5) is 25.6. The highest BCUT2D eigenvalue weighted by Crippen LogP contribution is 2.10. The summed E-state index contributed by atoms with van der Waals surface area (Å²) in [5.41, 5.74) is 5.57. The van der Waals surface area contributed by atoms with Crippen LogP contribution in [0.3, 0.4) is 0 Å². The first-order valence-corrected chi connectivity index (χ1v) is 6.86. The van der Waals surface area contributed by atoms with Gasteiger partial charge in [-0.3, -0.25) is 9.59 Å². The molecule has 2 unspecified atom stereocenters. The lowest BCUT2D eigenvalue weighted by Crippen LogP contribution is -2.46. The van der Waals surface area contributed by atoms with Gasteiger partial charge in [0.15, 0.2) is 0 Å². The van der Waals surface area contributed by atoms with E-state index < -0.39 is 6.04 Å². The second-order valence-corrected chi connectivity index (χ2v) is 5.04. The van der Waals surface area contributed by atoms with Crippen molar-refractivity contribution >= 4 is 11.8 Å². The molecular weight excluding hydrogens is 230 g/mol. The summed E-state index contributed by atoms with van der Waals surface area (Å²) < 4.78 is 0. The predicted molar refractivity (Wildman–Crippen MR) is 70.9 cm³/mol. The SMILES string of the molecule is CCC(CN)CC(=O)NC(C)C(=O)N1CCCC1. The average molecular weight is 255 g/mol. The fourth-order valence-electron chi connectivity index (χ4n) is 2.23. The first-order valence-electron chi connectivity index (χ1n) is 6.86. The van der Waals surface area contributed by atoms with Gasteiger partial charge in [-0.25, -0.2) is 0 Å². The lowest BCUT2D eigenvalue weighted by molar-refractivity contribution is -0.135. The maximum absolute atomic E-state index is 12.0. The minimum atomic E-state index is -0.425. The Morgan fingerprint density at radius 3 is 2.44 bits per heavy atom. The molecule has 0 bridgehead atoms. The highest BCUT2D eigenvalue weighted by molar-refractivity contribution is 5.87. The van der Waals surface area contributed by atoms with E-state index in [9.17, 15) is 9.59 Å². The van der Waals surface area contributed by atoms with Crippen LogP contribution in [0.25, 0.3) is 0 Å². The number of nitrogens with zero attached hydrogens (tertiary/aromatic N) is 1. The highest BCUT2D eigenvalue weighted by atomic mass is 16.2. The largest absolute Gasteiger partial charge is 0.345 e. The summed E-state index contributed by atoms with van der Waals surface area (Å²) >= 11 is 0. The first-order chi connectivity index (χ1) is 8.58. The van der Waals surface area contributed by atoms with Gasteiger partial charge in [0.1, 0.15) is 6.04 Å². The van der Waals surface area contributed by atoms with E-state index in [1.807, 2.05) is 11.8 Å². The standard InChI is InChI=1S/C13H25N3O2/c1-3-11(9-14)8-12(17)15-10(2)13(18)16-6-4-5-7-16/h10-11H,3-9,14H2,1-2H3,(H,15,17). The van der Waals surface area contributed by atoms with Crippen LogP contribution in [0.5, 0.6) is 0 Å². The zero-order chi connectivity index (χ0) is 13.5. The number of hydrogen-bond donors (Lipinski definition) is 2. The molecule has 0 radical (unpaired) electrons. The lowest BCUT2D eigenvalue weighted by Gasteiger charge is -2.22. The van der Waals surface area contributed by atoms with Crippen molar-refractivity contribution in [1.82, 2.24) is 10.2 Å². The molecule has 0 aromatic heterocycles. The third-order valence-electron chi connectivity index (χ3n) is 3.55. The highest BCUT2D eigenvalue weighted by Gasteiger charge is 2.24. The van der Waals surface area contributed by atoms with Crippen LogP contribution >= 0.6 is 0 Å². The molecule has 1 heterocycles. The van der Waals surface area contributed by atoms with Gasteiger partial charge in [-0.1, -0.05) is 13.3 Å². The zero-order valence-corrected chi connectivity index (χ0v) is 11.4. The molecule has 0 aliphatic carbocycles. The average Bonchev–Trinajstić information content (AvgIpc) is 2.88. The van der Waals surface area contributed by atoms with Crippen molar-refractivity contribution in [3.05, 3.63) is 0 Å². The topological polar surface area (TPSA) is 75.4 Å². The van der Waals surface area contributed by atoms with Gasteiger partial charge in [-0.2, -0.15) is 0 Å². The van der Waals surface area contributed by atoms with Crippen molar-refractivity contribution < 1.29 is 9.59 Å². The summed E-state index contributed by atoms with van der Waals surface area (Å²) in [5, 5.41) is 2.77. The van der Waals surface area contributed by atoms with E-state index in [4.69, 9.17) is 5.73 Å². The second-order valence-electron chi connectivity index (χ2n) is 5.04. The van der Waals surface area contributed by atoms with Crippen LogP contribution in [-0.2, 0) is 9.59 Å². The Balaban J connectivity index is 2.36. The minimum absolute atomic E-state index is 0.0293. The summed E-state index contributed by atoms with van der Waals surface area (Å²) in [6.45, 7) is 5.92. The number of rotatable bonds is 6. The third-order valence-corrected chi connectivity index (χ3v) is 3.55. The van der Waals surface area contributed by atoms with E-state index in [2.05, 4.69) is 5.32 Å². The first kappa shape index (κ1) is 15.0. The molecule has 104 valence electrons. The van der Waals surface area contributed by atoms with E-state index in [0.29, 0.717) is 13.0 Å². The Morgan fingerprint density at radius 1 is 1.33 bits per heavy atom. The van der Waals surface area contributed by atoms with Gasteiger partial charge in [0.25, 0.3) is 0 Å². The van der Waals surface area contributed by atoms with E-state index in [1.165, 1.54) is 0 Å². The quantitative estimate of drug-likeness (QED) is 0.725. The summed E-state index contributed by atoms with van der Waals surface area (Å²) in [6.07, 6.45) is 3.43. The molecule has 3 N–H and O–H groups in total. The van der Waals surface area contributed by atoms with Crippen molar-refractivity contribution in [3.63, 3.8) is 0 Å². The smallest absolute Gasteiger partial charge is 0.244 e. The molecule has 1 aliphatic rings. The number of carbonyl (C=O) groups is 2. The Hall–Kier alpha value is -1.10. The summed E-state index contributed by atoms with van der Waals surface area (Å²) in [6, 6.07) is -0.425. The van der Waals surface area contributed by atoms with Crippen LogP contribution in [0.4, 0.5) is 0 Å². The maximum Gasteiger partial charge on any atom is 0.244 e. The van der Waals surface area contributed by atoms with Gasteiger partial charge >= 0.3 is 0 Å². The molecule has 2 amide bonds. The monoisotopic (exact) mass is 255 g/mol. The van der Waals surface area contributed by atoms with Crippen LogP contribution in [0.1, 0.15) is 39.5 Å². The van der Waals surface area contributed by atoms with Crippen molar-refractivity contribution in [2.45, 2.75) is 45.6 Å². The van der Waals surface area contributed by atoms with Crippen LogP contribution < -0.4 is 11.1 Å². The summed E-state index contributed by atoms with van der Waals surface area (Å²) in [7, 11) is 0. The number of nitrogens with one attached hydrogen (secondary N) is 1. The molecule has 1 aliphatic heterocycles. The molecule has 2 atom stereocenters. The molecule has 0 saturated carbocycles. The minimum Gasteiger partial charge on any atom is -0.345 e. The Morgan fingerprint density at radius 2 is 1.94 bits per heavy atom. The molecule has 5 nitrogen and oxygen atoms in total. The number of hydrogen-bond acceptors (Lipinski definition) is 3. The van der Waals surface area contributed by atoms with Gasteiger partial charge in [-0.05, 0) is 32.2 Å². The number of amides is 2. The van der Waals surface area contributed by atoms with Crippen molar-refractivity contribution in [2.24, 2.45) is 11.7 Å². The fourth-order valence-corrected chi connectivity index (χ4v) is 2.23. The molecule has 0 aromatic carbocycles. The normalized spacial score (nSPS) is 18.5. The van der Waals surface area contributed by atoms with Gasteiger partial charge in [-0.15, -0.1) is 0 Å². The maximum atomic E-state index is 12.0. The van der Waals surface area contributed by atoms with Gasteiger partial charge in [0, 0.05) is 19.5 Å². The number of nitrogens with two attached hydrogens (primary N) is 1. The van der Waals surface area contributed by atoms with Crippen molar-refractivity contribution in [3.8, 4) is 0 Å². The van der Waals surface area contributed by atoms with Crippen LogP contribution in [0.2, 0.25) is 0 Å². The van der Waals surface area contributed by atoms with Gasteiger partial charge < -0.3 is 16.0 Å². The lowest BCUT2D eigenvalue weighted by atomic mass is 10.0. The molecule has 1 rings (SSSR count). The van der Waals surface area contributed by atoms with Gasteiger partial charge in [0.05, 0.1) is 0 Å². The van der Waals surface area contributed by atoms with E-state index in [0.717, 1.165) is 32.4 Å². The zero-order valence-electron chi connectivity index (χ0n) is 11.4. The van der Waals surface area contributed by atoms with E-state index >= 15 is 0 Å². The molecule has 18 heavy (non-hydrogen) atoms. The van der Waals surface area contributed by atoms with Crippen molar-refractivity contribution in [1.29, 1.82) is 0 Å². The van der Waals surface area contributed by atoms with E-state index in [-0.39, 0.29) is 17.7 Å². The molecule has 0 spiro atoms. The van der Waals surface area contributed by atoms with Crippen LogP contribution in [-0.4, -0.2) is 42.4 Å². The van der Waals surface area contributed by atoms with E-state index in [1.54, 1.807) is 6.92 Å². The molecule has 1 saturated heterocycles. The van der Waals surface area contributed by atoms with Crippen LogP contribution in [0, 0.1) is 5.92 Å². The third kappa shape index (κ3) is 4.29. The fraction of sp³-hybridized carbons (Fsp3) is 0.846. The van der Waals surface area contributed by atoms with Crippen LogP contribution in [0.15, 0.2) is 0 Å². The van der Waals surface area contributed by atoms with Gasteiger partial charge in [0.2, 0.25) is 11.8 Å². The predicted octanol–water partition coefficient (Wildman–Crippen LogP) is 0.489.